The lowest BCUT2D eigenvalue weighted by molar-refractivity contribution is -0.192. The van der Waals surface area contributed by atoms with Crippen LogP contribution in [0.15, 0.2) is 17.7 Å². The molecular weight excluding hydrogens is 537 g/mol. The van der Waals surface area contributed by atoms with E-state index >= 15 is 0 Å². The maximum atomic E-state index is 14.7. The molecule has 0 bridgehead atoms. The highest BCUT2D eigenvalue weighted by molar-refractivity contribution is 7.09. The number of rotatable bonds is 4. The first-order valence-corrected chi connectivity index (χ1v) is 12.3. The van der Waals surface area contributed by atoms with E-state index in [1.54, 1.807) is 17.9 Å². The Balaban J connectivity index is 0.000000505. The van der Waals surface area contributed by atoms with Crippen molar-refractivity contribution in [2.75, 3.05) is 43.6 Å². The van der Waals surface area contributed by atoms with Gasteiger partial charge in [-0.2, -0.15) is 17.5 Å². The molecule has 1 aromatic heterocycles. The molecule has 2 aliphatic rings. The number of hydrogen-bond donors (Lipinski definition) is 2. The smallest absolute Gasteiger partial charge is 0.475 e. The zero-order valence-corrected chi connectivity index (χ0v) is 21.3. The number of hydrogen-bond acceptors (Lipinski definition) is 7. The number of nitrogens with one attached hydrogen (secondary N) is 1. The van der Waals surface area contributed by atoms with E-state index in [-0.39, 0.29) is 17.6 Å². The fourth-order valence-corrected chi connectivity index (χ4v) is 4.38. The van der Waals surface area contributed by atoms with Crippen LogP contribution in [-0.4, -0.2) is 76.9 Å². The van der Waals surface area contributed by atoms with Crippen molar-refractivity contribution in [3.8, 4) is 0 Å². The Labute approximate surface area is 219 Å². The minimum atomic E-state index is -5.08. The first-order valence-electron chi connectivity index (χ1n) is 11.5. The van der Waals surface area contributed by atoms with Crippen molar-refractivity contribution in [3.05, 3.63) is 40.7 Å². The Morgan fingerprint density at radius 3 is 2.32 bits per heavy atom. The number of carbonyl (C=O) groups excluding carboxylic acids is 1. The predicted molar refractivity (Wildman–Crippen MR) is 130 cm³/mol. The molecule has 1 unspecified atom stereocenters. The molecule has 38 heavy (non-hydrogen) atoms. The maximum absolute atomic E-state index is 14.7. The number of alkyl halides is 3. The van der Waals surface area contributed by atoms with E-state index in [2.05, 4.69) is 14.7 Å². The maximum Gasteiger partial charge on any atom is 0.490 e. The van der Waals surface area contributed by atoms with Gasteiger partial charge in [0.2, 0.25) is 5.13 Å². The van der Waals surface area contributed by atoms with Crippen molar-refractivity contribution >= 4 is 40.4 Å². The monoisotopic (exact) mass is 563 g/mol. The first kappa shape index (κ1) is 29.2. The largest absolute Gasteiger partial charge is 0.490 e. The Kier molecular flexibility index (Phi) is 9.60. The normalized spacial score (nSPS) is 17.5. The molecule has 0 saturated carbocycles. The van der Waals surface area contributed by atoms with E-state index in [0.717, 1.165) is 23.5 Å². The zero-order chi connectivity index (χ0) is 28.0. The van der Waals surface area contributed by atoms with Crippen molar-refractivity contribution < 1.29 is 41.4 Å². The van der Waals surface area contributed by atoms with E-state index in [4.69, 9.17) is 14.6 Å². The number of anilines is 2. The fraction of sp³-hybridized carbons (Fsp3) is 0.478. The van der Waals surface area contributed by atoms with E-state index in [1.165, 1.54) is 12.1 Å². The molecule has 2 aliphatic heterocycles. The first-order chi connectivity index (χ1) is 17.8. The van der Waals surface area contributed by atoms with Gasteiger partial charge >= 0.3 is 18.2 Å². The minimum Gasteiger partial charge on any atom is -0.475 e. The summed E-state index contributed by atoms with van der Waals surface area (Å²) in [6.07, 6.45) is -1.55. The summed E-state index contributed by atoms with van der Waals surface area (Å²) in [5.74, 6) is -3.31. The number of nitrogens with zero attached hydrogens (tertiary/aromatic N) is 4. The second kappa shape index (κ2) is 12.5. The SMILES string of the molecule is Cc1nsc(NC(=O)N2CCC(=Cc3c(F)cc(N(C)C4CCOC4)cc3F)CC2)n1.O=C(O)C(F)(F)F. The number of likely N-dealkylation sites (N-methyl/N-ethyl adjacent to an activating group) is 1. The van der Waals surface area contributed by atoms with Crippen LogP contribution in [0.5, 0.6) is 0 Å². The van der Waals surface area contributed by atoms with Gasteiger partial charge in [0.1, 0.15) is 17.5 Å². The molecule has 0 spiro atoms. The summed E-state index contributed by atoms with van der Waals surface area (Å²) in [4.78, 5) is 28.9. The highest BCUT2D eigenvalue weighted by Crippen LogP contribution is 2.28. The highest BCUT2D eigenvalue weighted by atomic mass is 32.1. The van der Waals surface area contributed by atoms with Gasteiger partial charge in [0.05, 0.1) is 12.6 Å². The summed E-state index contributed by atoms with van der Waals surface area (Å²) in [7, 11) is 1.83. The second-order valence-electron chi connectivity index (χ2n) is 8.62. The molecule has 3 heterocycles. The summed E-state index contributed by atoms with van der Waals surface area (Å²) in [6.45, 7) is 3.94. The van der Waals surface area contributed by atoms with Crippen LogP contribution in [0.25, 0.3) is 6.08 Å². The molecular formula is C23H26F5N5O4S. The summed E-state index contributed by atoms with van der Waals surface area (Å²) in [5.41, 5.74) is 1.39. The molecule has 2 saturated heterocycles. The number of benzene rings is 1. The van der Waals surface area contributed by atoms with Crippen LogP contribution in [0.2, 0.25) is 0 Å². The summed E-state index contributed by atoms with van der Waals surface area (Å²) < 4.78 is 70.6. The molecule has 2 N–H and O–H groups in total. The topological polar surface area (TPSA) is 108 Å². The molecule has 15 heteroatoms. The van der Waals surface area contributed by atoms with Gasteiger partial charge in [-0.15, -0.1) is 0 Å². The van der Waals surface area contributed by atoms with Crippen molar-refractivity contribution in [3.63, 3.8) is 0 Å². The van der Waals surface area contributed by atoms with E-state index in [0.29, 0.717) is 55.8 Å². The van der Waals surface area contributed by atoms with E-state index in [9.17, 15) is 26.7 Å². The average molecular weight is 564 g/mol. The number of carboxylic acid groups (broad SMARTS) is 1. The number of aliphatic carboxylic acids is 1. The Bertz CT molecular complexity index is 1150. The van der Waals surface area contributed by atoms with Crippen LogP contribution in [-0.2, 0) is 9.53 Å². The van der Waals surface area contributed by atoms with Gasteiger partial charge in [0.15, 0.2) is 0 Å². The van der Waals surface area contributed by atoms with E-state index < -0.39 is 23.8 Å². The minimum absolute atomic E-state index is 0.0305. The van der Waals surface area contributed by atoms with Crippen molar-refractivity contribution in [2.24, 2.45) is 0 Å². The van der Waals surface area contributed by atoms with Crippen LogP contribution in [0.4, 0.5) is 37.6 Å². The fourth-order valence-electron chi connectivity index (χ4n) is 3.81. The van der Waals surface area contributed by atoms with E-state index in [1.807, 2.05) is 11.9 Å². The molecule has 0 aliphatic carbocycles. The lowest BCUT2D eigenvalue weighted by Crippen LogP contribution is -2.39. The van der Waals surface area contributed by atoms with Gasteiger partial charge in [0.25, 0.3) is 0 Å². The van der Waals surface area contributed by atoms with Crippen LogP contribution < -0.4 is 10.2 Å². The van der Waals surface area contributed by atoms with Crippen molar-refractivity contribution in [1.82, 2.24) is 14.3 Å². The van der Waals surface area contributed by atoms with Gasteiger partial charge in [-0.3, -0.25) is 5.32 Å². The van der Waals surface area contributed by atoms with Gasteiger partial charge in [-0.05, 0) is 44.4 Å². The number of halogens is 5. The Morgan fingerprint density at radius 1 is 1.24 bits per heavy atom. The molecule has 1 aromatic carbocycles. The zero-order valence-electron chi connectivity index (χ0n) is 20.5. The number of carboxylic acids is 1. The summed E-state index contributed by atoms with van der Waals surface area (Å²) >= 11 is 1.13. The van der Waals surface area contributed by atoms with Crippen LogP contribution >= 0.6 is 11.5 Å². The summed E-state index contributed by atoms with van der Waals surface area (Å²) in [5, 5.41) is 10.3. The van der Waals surface area contributed by atoms with Crippen molar-refractivity contribution in [2.45, 2.75) is 38.4 Å². The number of ether oxygens (including phenoxy) is 1. The van der Waals surface area contributed by atoms with Gasteiger partial charge < -0.3 is 19.6 Å². The molecule has 0 radical (unpaired) electrons. The van der Waals surface area contributed by atoms with Gasteiger partial charge in [-0.25, -0.2) is 23.4 Å². The Morgan fingerprint density at radius 2 is 1.84 bits per heavy atom. The number of urea groups is 1. The Hall–Kier alpha value is -3.33. The highest BCUT2D eigenvalue weighted by Gasteiger charge is 2.38. The quantitative estimate of drug-likeness (QED) is 0.520. The van der Waals surface area contributed by atoms with Crippen LogP contribution in [0, 0.1) is 18.6 Å². The van der Waals surface area contributed by atoms with Gasteiger partial charge in [0, 0.05) is 49.5 Å². The van der Waals surface area contributed by atoms with Crippen molar-refractivity contribution in [1.29, 1.82) is 0 Å². The molecule has 1 atom stereocenters. The van der Waals surface area contributed by atoms with Crippen LogP contribution in [0.3, 0.4) is 0 Å². The lowest BCUT2D eigenvalue weighted by atomic mass is 10.00. The third-order valence-electron chi connectivity index (χ3n) is 5.95. The molecule has 208 valence electrons. The number of likely N-dealkylation sites (tertiary alicyclic amines) is 1. The number of carbonyl (C=O) groups is 2. The summed E-state index contributed by atoms with van der Waals surface area (Å²) in [6, 6.07) is 2.64. The predicted octanol–water partition coefficient (Wildman–Crippen LogP) is 4.69. The lowest BCUT2D eigenvalue weighted by Gasteiger charge is -2.28. The molecule has 4 rings (SSSR count). The molecule has 2 fully saturated rings. The van der Waals surface area contributed by atoms with Gasteiger partial charge in [-0.1, -0.05) is 5.57 Å². The second-order valence-corrected chi connectivity index (χ2v) is 9.37. The third-order valence-corrected chi connectivity index (χ3v) is 6.67. The third kappa shape index (κ3) is 7.84. The average Bonchev–Trinajstić information content (AvgIpc) is 3.53. The number of aryl methyl sites for hydroxylation is 1. The number of amides is 2. The van der Waals surface area contributed by atoms with Crippen LogP contribution in [0.1, 0.15) is 30.7 Å². The standard InChI is InChI=1S/C21H25F2N5O2S.C2HF3O2/c1-13-24-20(31-26-13)25-21(29)28-6-3-14(4-7-28)9-17-18(22)10-16(11-19(17)23)27(2)15-5-8-30-12-15;3-2(4,5)1(6)7/h9-11,15H,3-8,12H2,1-2H3,(H,24,25,26,29);(H,6,7). The number of piperidine rings is 1. The molecule has 2 amide bonds. The number of aromatic nitrogens is 2. The molecule has 9 nitrogen and oxygen atoms in total. The molecule has 2 aromatic rings.